The largest absolute Gasteiger partial charge is 0.320 e. The van der Waals surface area contributed by atoms with E-state index in [9.17, 15) is 4.79 Å². The smallest absolute Gasteiger partial charge is 0.280 e. The van der Waals surface area contributed by atoms with Gasteiger partial charge in [0.25, 0.3) is 5.91 Å². The SMILES string of the molecule is O=C(Nc1ccccc1)C1=NCCS1. The molecular weight excluding hydrogens is 196 g/mol. The van der Waals surface area contributed by atoms with Crippen LogP contribution in [0, 0.1) is 0 Å². The third-order valence-electron chi connectivity index (χ3n) is 1.81. The van der Waals surface area contributed by atoms with Gasteiger partial charge in [0.05, 0.1) is 0 Å². The van der Waals surface area contributed by atoms with Gasteiger partial charge in [0.15, 0.2) is 5.04 Å². The number of nitrogens with zero attached hydrogens (tertiary/aromatic N) is 1. The Kier molecular flexibility index (Phi) is 2.84. The predicted molar refractivity (Wildman–Crippen MR) is 59.8 cm³/mol. The molecule has 72 valence electrons. The fourth-order valence-electron chi connectivity index (χ4n) is 1.18. The molecule has 1 aliphatic heterocycles. The van der Waals surface area contributed by atoms with Crippen molar-refractivity contribution in [2.24, 2.45) is 4.99 Å². The molecule has 0 radical (unpaired) electrons. The molecule has 0 atom stereocenters. The number of nitrogens with one attached hydrogen (secondary N) is 1. The van der Waals surface area contributed by atoms with Crippen molar-refractivity contribution < 1.29 is 4.79 Å². The number of para-hydroxylation sites is 1. The summed E-state index contributed by atoms with van der Waals surface area (Å²) in [5, 5.41) is 3.38. The van der Waals surface area contributed by atoms with Gasteiger partial charge in [-0.25, -0.2) is 0 Å². The van der Waals surface area contributed by atoms with E-state index in [-0.39, 0.29) is 5.91 Å². The van der Waals surface area contributed by atoms with E-state index in [0.29, 0.717) is 5.04 Å². The van der Waals surface area contributed by atoms with Crippen LogP contribution in [0.25, 0.3) is 0 Å². The summed E-state index contributed by atoms with van der Waals surface area (Å²) in [7, 11) is 0. The Morgan fingerprint density at radius 3 is 2.79 bits per heavy atom. The number of rotatable bonds is 2. The Morgan fingerprint density at radius 1 is 1.36 bits per heavy atom. The van der Waals surface area contributed by atoms with E-state index in [1.807, 2.05) is 30.3 Å². The van der Waals surface area contributed by atoms with Crippen molar-refractivity contribution in [3.63, 3.8) is 0 Å². The maximum absolute atomic E-state index is 11.6. The summed E-state index contributed by atoms with van der Waals surface area (Å²) in [4.78, 5) is 15.7. The third kappa shape index (κ3) is 2.14. The minimum absolute atomic E-state index is 0.0984. The number of carbonyl (C=O) groups is 1. The fourth-order valence-corrected chi connectivity index (χ4v) is 1.92. The summed E-state index contributed by atoms with van der Waals surface area (Å²) in [5.74, 6) is 0.816. The van der Waals surface area contributed by atoms with Gasteiger partial charge in [0.2, 0.25) is 0 Å². The van der Waals surface area contributed by atoms with Crippen molar-refractivity contribution in [2.75, 3.05) is 17.6 Å². The Balaban J connectivity index is 2.01. The molecule has 0 aliphatic carbocycles. The standard InChI is InChI=1S/C10H10N2OS/c13-9(10-11-6-7-14-10)12-8-4-2-1-3-5-8/h1-5H,6-7H2,(H,12,13). The molecule has 0 saturated carbocycles. The average Bonchev–Trinajstić information content (AvgIpc) is 2.72. The van der Waals surface area contributed by atoms with Crippen LogP contribution in [0.2, 0.25) is 0 Å². The second-order valence-electron chi connectivity index (χ2n) is 2.86. The normalized spacial score (nSPS) is 15.0. The lowest BCUT2D eigenvalue weighted by atomic mass is 10.3. The molecular formula is C10H10N2OS. The number of anilines is 1. The van der Waals surface area contributed by atoms with Crippen LogP contribution in [0.1, 0.15) is 0 Å². The Hall–Kier alpha value is -1.29. The molecule has 1 amide bonds. The number of hydrogen-bond donors (Lipinski definition) is 1. The van der Waals surface area contributed by atoms with Gasteiger partial charge in [-0.1, -0.05) is 30.0 Å². The molecule has 1 aliphatic rings. The summed E-state index contributed by atoms with van der Waals surface area (Å²) in [5.41, 5.74) is 0.813. The minimum atomic E-state index is -0.0984. The van der Waals surface area contributed by atoms with Crippen LogP contribution >= 0.6 is 11.8 Å². The molecule has 0 unspecified atom stereocenters. The highest BCUT2D eigenvalue weighted by Crippen LogP contribution is 2.14. The lowest BCUT2D eigenvalue weighted by Crippen LogP contribution is -2.18. The molecule has 1 N–H and O–H groups in total. The number of hydrogen-bond acceptors (Lipinski definition) is 3. The molecule has 1 heterocycles. The molecule has 1 aromatic rings. The Bertz CT molecular complexity index is 362. The molecule has 0 bridgehead atoms. The molecule has 0 aromatic heterocycles. The molecule has 4 heteroatoms. The average molecular weight is 206 g/mol. The quantitative estimate of drug-likeness (QED) is 0.801. The van der Waals surface area contributed by atoms with Gasteiger partial charge in [0.1, 0.15) is 0 Å². The summed E-state index contributed by atoms with van der Waals surface area (Å²) in [6, 6.07) is 9.41. The highest BCUT2D eigenvalue weighted by Gasteiger charge is 2.15. The van der Waals surface area contributed by atoms with E-state index in [4.69, 9.17) is 0 Å². The minimum Gasteiger partial charge on any atom is -0.320 e. The third-order valence-corrected chi connectivity index (χ3v) is 2.79. The van der Waals surface area contributed by atoms with E-state index >= 15 is 0 Å². The second kappa shape index (κ2) is 4.28. The van der Waals surface area contributed by atoms with Gasteiger partial charge in [-0.15, -0.1) is 0 Å². The summed E-state index contributed by atoms with van der Waals surface area (Å²) >= 11 is 1.51. The van der Waals surface area contributed by atoms with Gasteiger partial charge in [-0.2, -0.15) is 0 Å². The number of amides is 1. The van der Waals surface area contributed by atoms with Crippen molar-refractivity contribution in [1.29, 1.82) is 0 Å². The number of thioether (sulfide) groups is 1. The number of carbonyl (C=O) groups excluding carboxylic acids is 1. The topological polar surface area (TPSA) is 41.5 Å². The highest BCUT2D eigenvalue weighted by atomic mass is 32.2. The van der Waals surface area contributed by atoms with Gasteiger partial charge >= 0.3 is 0 Å². The van der Waals surface area contributed by atoms with Crippen LogP contribution in [0.3, 0.4) is 0 Å². The van der Waals surface area contributed by atoms with Gasteiger partial charge < -0.3 is 5.32 Å². The predicted octanol–water partition coefficient (Wildman–Crippen LogP) is 1.77. The lowest BCUT2D eigenvalue weighted by molar-refractivity contribution is -0.110. The number of benzene rings is 1. The van der Waals surface area contributed by atoms with Crippen molar-refractivity contribution in [3.8, 4) is 0 Å². The molecule has 2 rings (SSSR count). The van der Waals surface area contributed by atoms with Crippen LogP contribution < -0.4 is 5.32 Å². The Morgan fingerprint density at radius 2 is 2.14 bits per heavy atom. The van der Waals surface area contributed by atoms with E-state index < -0.39 is 0 Å². The monoisotopic (exact) mass is 206 g/mol. The van der Waals surface area contributed by atoms with Crippen molar-refractivity contribution in [1.82, 2.24) is 0 Å². The maximum Gasteiger partial charge on any atom is 0.280 e. The summed E-state index contributed by atoms with van der Waals surface area (Å²) < 4.78 is 0. The molecule has 1 aromatic carbocycles. The zero-order chi connectivity index (χ0) is 9.80. The van der Waals surface area contributed by atoms with Crippen molar-refractivity contribution >= 4 is 28.4 Å². The first-order chi connectivity index (χ1) is 6.86. The maximum atomic E-state index is 11.6. The van der Waals surface area contributed by atoms with E-state index in [1.165, 1.54) is 11.8 Å². The zero-order valence-electron chi connectivity index (χ0n) is 7.56. The van der Waals surface area contributed by atoms with Crippen LogP contribution in [0.5, 0.6) is 0 Å². The van der Waals surface area contributed by atoms with Crippen LogP contribution in [-0.2, 0) is 4.79 Å². The van der Waals surface area contributed by atoms with Crippen molar-refractivity contribution in [3.05, 3.63) is 30.3 Å². The molecule has 3 nitrogen and oxygen atoms in total. The fraction of sp³-hybridized carbons (Fsp3) is 0.200. The molecule has 0 saturated heterocycles. The van der Waals surface area contributed by atoms with Gasteiger partial charge in [-0.3, -0.25) is 9.79 Å². The van der Waals surface area contributed by atoms with Gasteiger partial charge in [-0.05, 0) is 12.1 Å². The second-order valence-corrected chi connectivity index (χ2v) is 3.94. The van der Waals surface area contributed by atoms with E-state index in [0.717, 1.165) is 18.0 Å². The summed E-state index contributed by atoms with van der Waals surface area (Å²) in [6.45, 7) is 0.752. The molecule has 0 fully saturated rings. The lowest BCUT2D eigenvalue weighted by Gasteiger charge is -2.02. The van der Waals surface area contributed by atoms with Crippen LogP contribution in [0.4, 0.5) is 5.69 Å². The first kappa shape index (κ1) is 9.27. The van der Waals surface area contributed by atoms with Crippen LogP contribution in [0.15, 0.2) is 35.3 Å². The molecule has 14 heavy (non-hydrogen) atoms. The zero-order valence-corrected chi connectivity index (χ0v) is 8.38. The van der Waals surface area contributed by atoms with E-state index in [1.54, 1.807) is 0 Å². The first-order valence-corrected chi connectivity index (χ1v) is 5.38. The first-order valence-electron chi connectivity index (χ1n) is 4.40. The number of aliphatic imine (C=N–C) groups is 1. The van der Waals surface area contributed by atoms with Crippen molar-refractivity contribution in [2.45, 2.75) is 0 Å². The van der Waals surface area contributed by atoms with E-state index in [2.05, 4.69) is 10.3 Å². The van der Waals surface area contributed by atoms with Crippen LogP contribution in [-0.4, -0.2) is 23.2 Å². The molecule has 0 spiro atoms. The summed E-state index contributed by atoms with van der Waals surface area (Å²) in [6.07, 6.45) is 0. The Labute approximate surface area is 86.6 Å². The highest BCUT2D eigenvalue weighted by molar-refractivity contribution is 8.16. The van der Waals surface area contributed by atoms with Gasteiger partial charge in [0, 0.05) is 18.0 Å².